The van der Waals surface area contributed by atoms with Crippen LogP contribution in [0.25, 0.3) is 0 Å². The van der Waals surface area contributed by atoms with Crippen molar-refractivity contribution in [2.45, 2.75) is 19.8 Å². The van der Waals surface area contributed by atoms with Gasteiger partial charge in [-0.3, -0.25) is 9.59 Å². The first kappa shape index (κ1) is 18.6. The maximum atomic E-state index is 14.3. The largest absolute Gasteiger partial charge is 0.465 e. The predicted octanol–water partition coefficient (Wildman–Crippen LogP) is 3.52. The molecule has 2 amide bonds. The maximum absolute atomic E-state index is 14.3. The fourth-order valence-electron chi connectivity index (χ4n) is 2.60. The number of halogens is 1. The Bertz CT molecular complexity index is 922. The molecule has 27 heavy (non-hydrogen) atoms. The fraction of sp³-hybridized carbons (Fsp3) is 0.250. The molecular weight excluding hydrogens is 351 g/mol. The Hall–Kier alpha value is -3.22. The normalized spacial score (nSPS) is 13.0. The summed E-state index contributed by atoms with van der Waals surface area (Å²) in [5.74, 6) is -2.05. The van der Waals surface area contributed by atoms with Crippen LogP contribution in [0.15, 0.2) is 36.4 Å². The number of aryl methyl sites for hydroxylation is 1. The summed E-state index contributed by atoms with van der Waals surface area (Å²) in [6.07, 6.45) is 1.69. The van der Waals surface area contributed by atoms with E-state index in [4.69, 9.17) is 0 Å². The Kier molecular flexibility index (Phi) is 5.21. The van der Waals surface area contributed by atoms with Crippen LogP contribution in [0.1, 0.15) is 39.1 Å². The van der Waals surface area contributed by atoms with E-state index in [-0.39, 0.29) is 23.0 Å². The van der Waals surface area contributed by atoms with Gasteiger partial charge in [-0.1, -0.05) is 6.07 Å². The molecule has 3 rings (SSSR count). The molecule has 140 valence electrons. The van der Waals surface area contributed by atoms with Gasteiger partial charge in [-0.2, -0.15) is 0 Å². The zero-order valence-electron chi connectivity index (χ0n) is 15.0. The second kappa shape index (κ2) is 7.57. The molecule has 2 N–H and O–H groups in total. The van der Waals surface area contributed by atoms with Crippen molar-refractivity contribution < 1.29 is 23.5 Å². The molecule has 0 unspecified atom stereocenters. The molecule has 0 saturated heterocycles. The number of anilines is 2. The molecule has 2 aromatic carbocycles. The van der Waals surface area contributed by atoms with E-state index in [2.05, 4.69) is 15.4 Å². The number of carbonyl (C=O) groups excluding carboxylic acids is 3. The standard InChI is InChI=1S/C20H19FN2O4/c1-11-8-16(21)15(10-17(11)23-18(24)12-6-7-12)19(25)22-14-5-3-4-13(9-14)20(26)27-2/h3-5,8-10,12H,6-7H2,1-2H3,(H,22,25)(H,23,24). The Morgan fingerprint density at radius 2 is 1.85 bits per heavy atom. The van der Waals surface area contributed by atoms with Gasteiger partial charge in [-0.15, -0.1) is 0 Å². The minimum atomic E-state index is -0.696. The molecule has 0 aliphatic heterocycles. The van der Waals surface area contributed by atoms with E-state index < -0.39 is 17.7 Å². The minimum Gasteiger partial charge on any atom is -0.465 e. The van der Waals surface area contributed by atoms with Gasteiger partial charge in [0.1, 0.15) is 5.82 Å². The highest BCUT2D eigenvalue weighted by molar-refractivity contribution is 6.06. The van der Waals surface area contributed by atoms with Crippen molar-refractivity contribution >= 4 is 29.2 Å². The average Bonchev–Trinajstić information content (AvgIpc) is 3.48. The summed E-state index contributed by atoms with van der Waals surface area (Å²) in [5, 5.41) is 5.30. The number of ether oxygens (including phenoxy) is 1. The number of esters is 1. The lowest BCUT2D eigenvalue weighted by atomic mass is 10.1. The molecule has 1 aliphatic carbocycles. The topological polar surface area (TPSA) is 84.5 Å². The van der Waals surface area contributed by atoms with Gasteiger partial charge in [-0.25, -0.2) is 9.18 Å². The van der Waals surface area contributed by atoms with Crippen molar-refractivity contribution in [1.82, 2.24) is 0 Å². The summed E-state index contributed by atoms with van der Waals surface area (Å²) in [4.78, 5) is 36.1. The summed E-state index contributed by atoms with van der Waals surface area (Å²) in [7, 11) is 1.26. The van der Waals surface area contributed by atoms with Crippen LogP contribution in [-0.2, 0) is 9.53 Å². The van der Waals surface area contributed by atoms with E-state index in [9.17, 15) is 18.8 Å². The zero-order valence-corrected chi connectivity index (χ0v) is 15.0. The van der Waals surface area contributed by atoms with Crippen molar-refractivity contribution in [3.05, 3.63) is 58.9 Å². The number of methoxy groups -OCH3 is 1. The summed E-state index contributed by atoms with van der Waals surface area (Å²) in [6, 6.07) is 8.67. The molecule has 0 bridgehead atoms. The van der Waals surface area contributed by atoms with Gasteiger partial charge < -0.3 is 15.4 Å². The van der Waals surface area contributed by atoms with E-state index in [1.807, 2.05) is 0 Å². The molecule has 1 fully saturated rings. The van der Waals surface area contributed by atoms with Crippen molar-refractivity contribution in [2.24, 2.45) is 5.92 Å². The van der Waals surface area contributed by atoms with Crippen LogP contribution >= 0.6 is 0 Å². The third-order valence-corrected chi connectivity index (χ3v) is 4.31. The van der Waals surface area contributed by atoms with Crippen LogP contribution in [0.4, 0.5) is 15.8 Å². The van der Waals surface area contributed by atoms with Crippen LogP contribution in [0.3, 0.4) is 0 Å². The second-order valence-electron chi connectivity index (χ2n) is 6.44. The average molecular weight is 370 g/mol. The van der Waals surface area contributed by atoms with Gasteiger partial charge in [0.15, 0.2) is 0 Å². The summed E-state index contributed by atoms with van der Waals surface area (Å²) < 4.78 is 18.9. The van der Waals surface area contributed by atoms with Gasteiger partial charge in [0.25, 0.3) is 5.91 Å². The highest BCUT2D eigenvalue weighted by Gasteiger charge is 2.30. The molecule has 7 heteroatoms. The van der Waals surface area contributed by atoms with Crippen molar-refractivity contribution in [1.29, 1.82) is 0 Å². The Balaban J connectivity index is 1.81. The number of hydrogen-bond acceptors (Lipinski definition) is 4. The summed E-state index contributed by atoms with van der Waals surface area (Å²) in [6.45, 7) is 1.66. The number of nitrogens with one attached hydrogen (secondary N) is 2. The molecule has 1 aliphatic rings. The number of carbonyl (C=O) groups is 3. The van der Waals surface area contributed by atoms with E-state index >= 15 is 0 Å². The number of amides is 2. The van der Waals surface area contributed by atoms with E-state index in [0.717, 1.165) is 12.8 Å². The Morgan fingerprint density at radius 3 is 2.52 bits per heavy atom. The first-order valence-corrected chi connectivity index (χ1v) is 8.49. The number of rotatable bonds is 5. The third-order valence-electron chi connectivity index (χ3n) is 4.31. The highest BCUT2D eigenvalue weighted by Crippen LogP contribution is 2.31. The van der Waals surface area contributed by atoms with E-state index in [0.29, 0.717) is 16.9 Å². The van der Waals surface area contributed by atoms with Gasteiger partial charge in [0.05, 0.1) is 18.2 Å². The number of hydrogen-bond donors (Lipinski definition) is 2. The molecule has 0 atom stereocenters. The van der Waals surface area contributed by atoms with Gasteiger partial charge in [-0.05, 0) is 55.7 Å². The van der Waals surface area contributed by atoms with Gasteiger partial charge >= 0.3 is 5.97 Å². The first-order chi connectivity index (χ1) is 12.9. The molecule has 0 radical (unpaired) electrons. The van der Waals surface area contributed by atoms with E-state index in [1.54, 1.807) is 25.1 Å². The smallest absolute Gasteiger partial charge is 0.337 e. The molecule has 0 heterocycles. The molecule has 2 aromatic rings. The quantitative estimate of drug-likeness (QED) is 0.789. The highest BCUT2D eigenvalue weighted by atomic mass is 19.1. The van der Waals surface area contributed by atoms with Crippen LogP contribution in [-0.4, -0.2) is 24.9 Å². The van der Waals surface area contributed by atoms with Crippen LogP contribution in [0.5, 0.6) is 0 Å². The SMILES string of the molecule is COC(=O)c1cccc(NC(=O)c2cc(NC(=O)C3CC3)c(C)cc2F)c1. The Morgan fingerprint density at radius 1 is 1.11 bits per heavy atom. The molecule has 1 saturated carbocycles. The molecule has 0 aromatic heterocycles. The number of benzene rings is 2. The van der Waals surface area contributed by atoms with Crippen LogP contribution < -0.4 is 10.6 Å². The maximum Gasteiger partial charge on any atom is 0.337 e. The van der Waals surface area contributed by atoms with Crippen LogP contribution in [0, 0.1) is 18.7 Å². The first-order valence-electron chi connectivity index (χ1n) is 8.49. The van der Waals surface area contributed by atoms with Gasteiger partial charge in [0, 0.05) is 17.3 Å². The minimum absolute atomic E-state index is 0.00668. The van der Waals surface area contributed by atoms with Crippen molar-refractivity contribution in [3.63, 3.8) is 0 Å². The molecule has 6 nitrogen and oxygen atoms in total. The fourth-order valence-corrected chi connectivity index (χ4v) is 2.60. The summed E-state index contributed by atoms with van der Waals surface area (Å²) >= 11 is 0. The lowest BCUT2D eigenvalue weighted by Crippen LogP contribution is -2.18. The van der Waals surface area contributed by atoms with E-state index in [1.165, 1.54) is 25.3 Å². The van der Waals surface area contributed by atoms with Crippen LogP contribution in [0.2, 0.25) is 0 Å². The second-order valence-corrected chi connectivity index (χ2v) is 6.44. The Labute approximate surface area is 155 Å². The summed E-state index contributed by atoms with van der Waals surface area (Å²) in [5.41, 5.74) is 1.33. The lowest BCUT2D eigenvalue weighted by Gasteiger charge is -2.12. The zero-order chi connectivity index (χ0) is 19.6. The monoisotopic (exact) mass is 370 g/mol. The molecule has 0 spiro atoms. The van der Waals surface area contributed by atoms with Gasteiger partial charge in [0.2, 0.25) is 5.91 Å². The third kappa shape index (κ3) is 4.31. The molecular formula is C20H19FN2O4. The van der Waals surface area contributed by atoms with Crippen molar-refractivity contribution in [3.8, 4) is 0 Å². The van der Waals surface area contributed by atoms with Crippen molar-refractivity contribution in [2.75, 3.05) is 17.7 Å². The lowest BCUT2D eigenvalue weighted by molar-refractivity contribution is -0.117. The predicted molar refractivity (Wildman–Crippen MR) is 98.2 cm³/mol.